The van der Waals surface area contributed by atoms with Gasteiger partial charge in [-0.2, -0.15) is 0 Å². The molecule has 2 aliphatic rings. The average Bonchev–Trinajstić information content (AvgIpc) is 3.30. The zero-order chi connectivity index (χ0) is 20.4. The van der Waals surface area contributed by atoms with E-state index in [0.29, 0.717) is 24.7 Å². The van der Waals surface area contributed by atoms with E-state index in [1.807, 2.05) is 24.3 Å². The van der Waals surface area contributed by atoms with Crippen molar-refractivity contribution in [1.29, 1.82) is 0 Å². The first-order chi connectivity index (χ1) is 13.5. The van der Waals surface area contributed by atoms with Crippen molar-refractivity contribution in [1.82, 2.24) is 4.90 Å². The Kier molecular flexibility index (Phi) is 8.06. The third-order valence-electron chi connectivity index (χ3n) is 4.12. The second-order valence-electron chi connectivity index (χ2n) is 6.12. The van der Waals surface area contributed by atoms with E-state index in [9.17, 15) is 9.59 Å². The summed E-state index contributed by atoms with van der Waals surface area (Å²) in [6.45, 7) is 3.65. The largest absolute Gasteiger partial charge is 0.497 e. The summed E-state index contributed by atoms with van der Waals surface area (Å²) in [7, 11) is 1.65. The van der Waals surface area contributed by atoms with Crippen LogP contribution in [0.2, 0.25) is 0 Å². The second kappa shape index (κ2) is 10.7. The van der Waals surface area contributed by atoms with Crippen molar-refractivity contribution in [2.75, 3.05) is 33.4 Å². The maximum Gasteiger partial charge on any atom is 0.328 e. The predicted octanol–water partition coefficient (Wildman–Crippen LogP) is 1.47. The minimum absolute atomic E-state index is 0.327. The van der Waals surface area contributed by atoms with Gasteiger partial charge >= 0.3 is 11.9 Å². The molecule has 2 unspecified atom stereocenters. The van der Waals surface area contributed by atoms with E-state index in [1.165, 1.54) is 18.7 Å². The van der Waals surface area contributed by atoms with Crippen molar-refractivity contribution in [2.45, 2.75) is 6.42 Å². The number of piperidine rings is 1. The Morgan fingerprint density at radius 1 is 1.32 bits per heavy atom. The van der Waals surface area contributed by atoms with Crippen molar-refractivity contribution >= 4 is 17.7 Å². The van der Waals surface area contributed by atoms with Gasteiger partial charge in [0.2, 0.25) is 0 Å². The highest BCUT2D eigenvalue weighted by Crippen LogP contribution is 2.25. The van der Waals surface area contributed by atoms with E-state index in [2.05, 4.69) is 21.9 Å². The normalized spacial score (nSPS) is 20.8. The Balaban J connectivity index is 0.000000300. The summed E-state index contributed by atoms with van der Waals surface area (Å²) in [5, 5.41) is 19.8. The molecule has 2 atom stereocenters. The lowest BCUT2D eigenvalue weighted by molar-refractivity contribution is -0.134. The molecule has 2 N–H and O–H groups in total. The number of methoxy groups -OCH3 is 1. The summed E-state index contributed by atoms with van der Waals surface area (Å²) in [6, 6.07) is 7.68. The first-order valence-electron chi connectivity index (χ1n) is 8.66. The number of oxime groups is 1. The van der Waals surface area contributed by atoms with Crippen LogP contribution in [0.3, 0.4) is 0 Å². The van der Waals surface area contributed by atoms with Gasteiger partial charge in [0.05, 0.1) is 12.8 Å². The van der Waals surface area contributed by atoms with Crippen molar-refractivity contribution in [2.24, 2.45) is 11.1 Å². The number of carboxylic acid groups (broad SMARTS) is 2. The zero-order valence-electron chi connectivity index (χ0n) is 15.5. The lowest BCUT2D eigenvalue weighted by Gasteiger charge is -2.12. The minimum Gasteiger partial charge on any atom is -0.497 e. The molecular formula is C20H22N2O6. The van der Waals surface area contributed by atoms with E-state index >= 15 is 0 Å². The molecule has 0 radical (unpaired) electrons. The number of carboxylic acids is 2. The topological polar surface area (TPSA) is 109 Å². The molecule has 2 heterocycles. The molecule has 2 fully saturated rings. The van der Waals surface area contributed by atoms with E-state index in [4.69, 9.17) is 19.8 Å². The number of ether oxygens (including phenoxy) is 1. The molecule has 8 heteroatoms. The van der Waals surface area contributed by atoms with Crippen LogP contribution >= 0.6 is 0 Å². The molecule has 3 rings (SSSR count). The van der Waals surface area contributed by atoms with E-state index < -0.39 is 11.9 Å². The number of benzene rings is 1. The monoisotopic (exact) mass is 386 g/mol. The summed E-state index contributed by atoms with van der Waals surface area (Å²) in [6.07, 6.45) is 2.34. The minimum atomic E-state index is -1.26. The first kappa shape index (κ1) is 21.0. The van der Waals surface area contributed by atoms with Gasteiger partial charge in [-0.15, -0.1) is 0 Å². The van der Waals surface area contributed by atoms with Crippen LogP contribution in [-0.2, 0) is 14.4 Å². The van der Waals surface area contributed by atoms with Crippen molar-refractivity contribution in [3.05, 3.63) is 42.0 Å². The maximum atomic E-state index is 9.55. The number of hydrogen-bond acceptors (Lipinski definition) is 6. The molecule has 2 saturated heterocycles. The molecule has 0 spiro atoms. The van der Waals surface area contributed by atoms with Crippen molar-refractivity contribution in [3.8, 4) is 17.6 Å². The Morgan fingerprint density at radius 2 is 2.07 bits per heavy atom. The van der Waals surface area contributed by atoms with Gasteiger partial charge in [-0.1, -0.05) is 23.1 Å². The molecule has 1 aromatic carbocycles. The van der Waals surface area contributed by atoms with E-state index in [0.717, 1.165) is 24.4 Å². The van der Waals surface area contributed by atoms with Crippen molar-refractivity contribution in [3.63, 3.8) is 0 Å². The van der Waals surface area contributed by atoms with Crippen LogP contribution in [0.25, 0.3) is 0 Å². The van der Waals surface area contributed by atoms with Gasteiger partial charge in [0.15, 0.2) is 6.61 Å². The molecule has 0 aromatic heterocycles. The van der Waals surface area contributed by atoms with Crippen LogP contribution in [0.5, 0.6) is 5.75 Å². The Bertz CT molecular complexity index is 805. The van der Waals surface area contributed by atoms with Gasteiger partial charge < -0.3 is 19.8 Å². The number of nitrogens with zero attached hydrogens (tertiary/aromatic N) is 2. The second-order valence-corrected chi connectivity index (χ2v) is 6.12. The Morgan fingerprint density at radius 3 is 2.64 bits per heavy atom. The van der Waals surface area contributed by atoms with Gasteiger partial charge in [0.1, 0.15) is 5.75 Å². The number of rotatable bonds is 5. The van der Waals surface area contributed by atoms with Crippen LogP contribution in [0.4, 0.5) is 0 Å². The fraction of sp³-hybridized carbons (Fsp3) is 0.350. The molecular weight excluding hydrogens is 364 g/mol. The van der Waals surface area contributed by atoms with E-state index in [1.54, 1.807) is 7.11 Å². The molecule has 8 nitrogen and oxygen atoms in total. The molecule has 0 amide bonds. The van der Waals surface area contributed by atoms with E-state index in [-0.39, 0.29) is 0 Å². The van der Waals surface area contributed by atoms with Gasteiger partial charge in [0.25, 0.3) is 0 Å². The zero-order valence-corrected chi connectivity index (χ0v) is 15.5. The molecule has 0 saturated carbocycles. The summed E-state index contributed by atoms with van der Waals surface area (Å²) in [5.41, 5.74) is 2.10. The smallest absolute Gasteiger partial charge is 0.328 e. The van der Waals surface area contributed by atoms with Crippen LogP contribution in [-0.4, -0.2) is 66.1 Å². The van der Waals surface area contributed by atoms with Gasteiger partial charge in [0, 0.05) is 36.7 Å². The Labute approximate surface area is 163 Å². The highest BCUT2D eigenvalue weighted by atomic mass is 16.6. The number of carbonyl (C=O) groups is 2. The van der Waals surface area contributed by atoms with Gasteiger partial charge in [-0.05, 0) is 31.2 Å². The maximum absolute atomic E-state index is 9.55. The summed E-state index contributed by atoms with van der Waals surface area (Å²) in [4.78, 5) is 26.8. The SMILES string of the molecule is COc1cccc(C#CCO/N=C2\CN3CCC2C3)c1.O=C(O)/C=C/C(=O)O. The Hall–Kier alpha value is -3.31. The van der Waals surface area contributed by atoms with Gasteiger partial charge in [-0.3, -0.25) is 4.90 Å². The first-order valence-corrected chi connectivity index (χ1v) is 8.66. The third-order valence-corrected chi connectivity index (χ3v) is 4.12. The van der Waals surface area contributed by atoms with Crippen LogP contribution in [0, 0.1) is 17.8 Å². The number of hydrogen-bond donors (Lipinski definition) is 2. The van der Waals surface area contributed by atoms with Crippen molar-refractivity contribution < 1.29 is 29.4 Å². The predicted molar refractivity (Wildman–Crippen MR) is 102 cm³/mol. The summed E-state index contributed by atoms with van der Waals surface area (Å²) in [5.74, 6) is 4.93. The highest BCUT2D eigenvalue weighted by molar-refractivity contribution is 5.91. The fourth-order valence-electron chi connectivity index (χ4n) is 2.84. The molecule has 148 valence electrons. The standard InChI is InChI=1S/C16H18N2O2.C4H4O4/c1-19-15-6-2-4-13(10-15)5-3-9-20-17-16-12-18-8-7-14(16)11-18;5-3(6)1-2-4(7)8/h2,4,6,10,14H,7-9,11-12H2,1H3;1-2H,(H,5,6)(H,7,8)/b17-16+;2-1+. The van der Waals surface area contributed by atoms with Crippen LogP contribution in [0.15, 0.2) is 41.6 Å². The average molecular weight is 386 g/mol. The molecule has 2 aliphatic heterocycles. The van der Waals surface area contributed by atoms with Crippen LogP contribution < -0.4 is 4.74 Å². The lowest BCUT2D eigenvalue weighted by atomic mass is 10.0. The molecule has 1 aromatic rings. The summed E-state index contributed by atoms with van der Waals surface area (Å²) >= 11 is 0. The fourth-order valence-corrected chi connectivity index (χ4v) is 2.84. The third kappa shape index (κ3) is 7.13. The molecule has 2 bridgehead atoms. The molecule has 28 heavy (non-hydrogen) atoms. The number of aliphatic carboxylic acids is 2. The van der Waals surface area contributed by atoms with Crippen LogP contribution in [0.1, 0.15) is 12.0 Å². The summed E-state index contributed by atoms with van der Waals surface area (Å²) < 4.78 is 5.15. The highest BCUT2D eigenvalue weighted by Gasteiger charge is 2.35. The number of fused-ring (bicyclic) bond motifs is 2. The molecule has 0 aliphatic carbocycles. The lowest BCUT2D eigenvalue weighted by Crippen LogP contribution is -2.23. The quantitative estimate of drug-likeness (QED) is 0.341. The van der Waals surface area contributed by atoms with Gasteiger partial charge in [-0.25, -0.2) is 9.59 Å².